The van der Waals surface area contributed by atoms with Crippen molar-refractivity contribution in [1.29, 1.82) is 0 Å². The quantitative estimate of drug-likeness (QED) is 0.482. The highest BCUT2D eigenvalue weighted by Crippen LogP contribution is 2.18. The number of aryl methyl sites for hydroxylation is 1. The topological polar surface area (TPSA) is 58.6 Å². The number of ether oxygens (including phenoxy) is 1. The second-order valence-electron chi connectivity index (χ2n) is 6.90. The van der Waals surface area contributed by atoms with Crippen LogP contribution in [0.4, 0.5) is 0 Å². The second-order valence-corrected chi connectivity index (χ2v) is 6.90. The first kappa shape index (κ1) is 21.7. The van der Waals surface area contributed by atoms with Gasteiger partial charge in [-0.3, -0.25) is 4.79 Å². The first-order valence-corrected chi connectivity index (χ1v) is 10.0. The van der Waals surface area contributed by atoms with E-state index in [0.29, 0.717) is 13.1 Å². The fourth-order valence-electron chi connectivity index (χ4n) is 2.90. The molecule has 0 spiro atoms. The van der Waals surface area contributed by atoms with Crippen molar-refractivity contribution in [2.45, 2.75) is 39.0 Å². The van der Waals surface area contributed by atoms with Crippen LogP contribution in [0, 0.1) is 0 Å². The summed E-state index contributed by atoms with van der Waals surface area (Å²) in [6.07, 6.45) is 6.78. The van der Waals surface area contributed by atoms with Gasteiger partial charge in [0.2, 0.25) is 0 Å². The van der Waals surface area contributed by atoms with Gasteiger partial charge in [0.25, 0.3) is 0 Å². The minimum absolute atomic E-state index is 0.144. The molecule has 0 radical (unpaired) electrons. The Hall–Kier alpha value is -2.59. The third kappa shape index (κ3) is 8.87. The predicted molar refractivity (Wildman–Crippen MR) is 115 cm³/mol. The lowest BCUT2D eigenvalue weighted by atomic mass is 10.1. The molecule has 0 atom stereocenters. The summed E-state index contributed by atoms with van der Waals surface area (Å²) in [5, 5.41) is 11.7. The molecule has 4 nitrogen and oxygen atoms in total. The molecular weight excluding hydrogens is 350 g/mol. The maximum atomic E-state index is 10.5. The molecule has 0 bridgehead atoms. The van der Waals surface area contributed by atoms with Crippen molar-refractivity contribution in [2.75, 3.05) is 19.7 Å². The van der Waals surface area contributed by atoms with Crippen LogP contribution in [0.5, 0.6) is 5.75 Å². The van der Waals surface area contributed by atoms with Crippen molar-refractivity contribution in [3.63, 3.8) is 0 Å². The summed E-state index contributed by atoms with van der Waals surface area (Å²) < 4.78 is 5.84. The zero-order valence-electron chi connectivity index (χ0n) is 16.7. The average molecular weight is 382 g/mol. The van der Waals surface area contributed by atoms with Crippen LogP contribution < -0.4 is 10.1 Å². The number of benzene rings is 2. The van der Waals surface area contributed by atoms with Gasteiger partial charge in [-0.1, -0.05) is 48.5 Å². The van der Waals surface area contributed by atoms with Crippen LogP contribution in [-0.2, 0) is 11.2 Å². The average Bonchev–Trinajstić information content (AvgIpc) is 2.71. The lowest BCUT2D eigenvalue weighted by molar-refractivity contribution is -0.136. The Morgan fingerprint density at radius 3 is 2.50 bits per heavy atom. The standard InChI is InChI=1S/C24H31NO3/c1-20(15-17-25-18-16-24(26)27)22-11-13-23(14-12-22)28-19-7-3-6-10-21-8-4-2-5-9-21/h2,4-5,8-9,11-15,25H,3,6-7,10,16-19H2,1H3,(H,26,27)/b20-15-. The number of unbranched alkanes of at least 4 members (excludes halogenated alkanes) is 2. The molecule has 0 aliphatic carbocycles. The van der Waals surface area contributed by atoms with Crippen LogP contribution in [0.3, 0.4) is 0 Å². The number of nitrogens with one attached hydrogen (secondary N) is 1. The lowest BCUT2D eigenvalue weighted by Gasteiger charge is -2.08. The third-order valence-electron chi connectivity index (χ3n) is 4.60. The van der Waals surface area contributed by atoms with Gasteiger partial charge in [0.15, 0.2) is 0 Å². The maximum Gasteiger partial charge on any atom is 0.304 e. The molecular formula is C24H31NO3. The van der Waals surface area contributed by atoms with Crippen molar-refractivity contribution in [2.24, 2.45) is 0 Å². The molecule has 0 unspecified atom stereocenters. The van der Waals surface area contributed by atoms with Crippen LogP contribution in [-0.4, -0.2) is 30.8 Å². The number of allylic oxidation sites excluding steroid dienone is 1. The first-order valence-electron chi connectivity index (χ1n) is 10.0. The normalized spacial score (nSPS) is 11.4. The largest absolute Gasteiger partial charge is 0.494 e. The molecule has 2 aromatic rings. The van der Waals surface area contributed by atoms with Crippen LogP contribution >= 0.6 is 0 Å². The first-order chi connectivity index (χ1) is 13.6. The van der Waals surface area contributed by atoms with Crippen molar-refractivity contribution < 1.29 is 14.6 Å². The molecule has 0 fully saturated rings. The summed E-state index contributed by atoms with van der Waals surface area (Å²) in [6.45, 7) is 3.95. The van der Waals surface area contributed by atoms with Gasteiger partial charge in [-0.2, -0.15) is 0 Å². The minimum atomic E-state index is -0.778. The van der Waals surface area contributed by atoms with Gasteiger partial charge < -0.3 is 15.2 Å². The highest BCUT2D eigenvalue weighted by Gasteiger charge is 1.99. The van der Waals surface area contributed by atoms with Crippen molar-refractivity contribution in [3.8, 4) is 5.75 Å². The van der Waals surface area contributed by atoms with E-state index in [2.05, 4.69) is 60.8 Å². The SMILES string of the molecule is C/C(=C/CNCCC(=O)O)c1ccc(OCCCCCc2ccccc2)cc1. The van der Waals surface area contributed by atoms with Gasteiger partial charge >= 0.3 is 5.97 Å². The van der Waals surface area contributed by atoms with E-state index in [-0.39, 0.29) is 6.42 Å². The van der Waals surface area contributed by atoms with E-state index in [1.165, 1.54) is 18.4 Å². The molecule has 28 heavy (non-hydrogen) atoms. The third-order valence-corrected chi connectivity index (χ3v) is 4.60. The smallest absolute Gasteiger partial charge is 0.304 e. The molecule has 2 aromatic carbocycles. The fraction of sp³-hybridized carbons (Fsp3) is 0.375. The summed E-state index contributed by atoms with van der Waals surface area (Å²) in [5.74, 6) is 0.124. The number of carboxylic acid groups (broad SMARTS) is 1. The molecule has 0 saturated carbocycles. The molecule has 4 heteroatoms. The zero-order valence-corrected chi connectivity index (χ0v) is 16.7. The monoisotopic (exact) mass is 381 g/mol. The Morgan fingerprint density at radius 2 is 1.79 bits per heavy atom. The Kier molecular flexibility index (Phi) is 9.87. The van der Waals surface area contributed by atoms with E-state index in [1.54, 1.807) is 0 Å². The maximum absolute atomic E-state index is 10.5. The summed E-state index contributed by atoms with van der Waals surface area (Å²) in [7, 11) is 0. The van der Waals surface area contributed by atoms with E-state index >= 15 is 0 Å². The summed E-state index contributed by atoms with van der Waals surface area (Å²) in [4.78, 5) is 10.5. The molecule has 0 heterocycles. The van der Waals surface area contributed by atoms with Gasteiger partial charge in [0.05, 0.1) is 13.0 Å². The Balaban J connectivity index is 1.61. The number of carbonyl (C=O) groups is 1. The van der Waals surface area contributed by atoms with Crippen molar-refractivity contribution in [1.82, 2.24) is 5.32 Å². The van der Waals surface area contributed by atoms with Crippen LogP contribution in [0.25, 0.3) is 5.57 Å². The van der Waals surface area contributed by atoms with Gasteiger partial charge in [0.1, 0.15) is 5.75 Å². The Labute approximate surface area is 168 Å². The Bertz CT molecular complexity index is 723. The number of hydrogen-bond donors (Lipinski definition) is 2. The Morgan fingerprint density at radius 1 is 1.04 bits per heavy atom. The highest BCUT2D eigenvalue weighted by atomic mass is 16.5. The predicted octanol–water partition coefficient (Wildman–Crippen LogP) is 4.95. The van der Waals surface area contributed by atoms with Crippen LogP contribution in [0.1, 0.15) is 43.7 Å². The van der Waals surface area contributed by atoms with Gasteiger partial charge in [0, 0.05) is 13.1 Å². The summed E-state index contributed by atoms with van der Waals surface area (Å²) in [6, 6.07) is 18.7. The fourth-order valence-corrected chi connectivity index (χ4v) is 2.90. The number of carboxylic acids is 1. The number of hydrogen-bond acceptors (Lipinski definition) is 3. The van der Waals surface area contributed by atoms with E-state index in [9.17, 15) is 4.79 Å². The molecule has 0 saturated heterocycles. The second kappa shape index (κ2) is 12.7. The van der Waals surface area contributed by atoms with Crippen molar-refractivity contribution >= 4 is 11.5 Å². The minimum Gasteiger partial charge on any atom is -0.494 e. The summed E-state index contributed by atoms with van der Waals surface area (Å²) in [5.41, 5.74) is 3.71. The summed E-state index contributed by atoms with van der Waals surface area (Å²) >= 11 is 0. The molecule has 150 valence electrons. The van der Waals surface area contributed by atoms with E-state index in [0.717, 1.165) is 36.3 Å². The lowest BCUT2D eigenvalue weighted by Crippen LogP contribution is -2.18. The number of aliphatic carboxylic acids is 1. The molecule has 0 aromatic heterocycles. The van der Waals surface area contributed by atoms with E-state index in [4.69, 9.17) is 9.84 Å². The molecule has 2 rings (SSSR count). The van der Waals surface area contributed by atoms with Gasteiger partial charge in [-0.05, 0) is 61.4 Å². The molecule has 0 aliphatic heterocycles. The van der Waals surface area contributed by atoms with Crippen LogP contribution in [0.15, 0.2) is 60.7 Å². The van der Waals surface area contributed by atoms with Gasteiger partial charge in [-0.25, -0.2) is 0 Å². The zero-order chi connectivity index (χ0) is 20.0. The van der Waals surface area contributed by atoms with E-state index in [1.807, 2.05) is 12.1 Å². The van der Waals surface area contributed by atoms with Gasteiger partial charge in [-0.15, -0.1) is 0 Å². The molecule has 2 N–H and O–H groups in total. The number of rotatable bonds is 13. The molecule has 0 amide bonds. The molecule has 0 aliphatic rings. The highest BCUT2D eigenvalue weighted by molar-refractivity contribution is 5.67. The van der Waals surface area contributed by atoms with E-state index < -0.39 is 5.97 Å². The van der Waals surface area contributed by atoms with Crippen LogP contribution in [0.2, 0.25) is 0 Å². The van der Waals surface area contributed by atoms with Crippen molar-refractivity contribution in [3.05, 3.63) is 71.8 Å².